The van der Waals surface area contributed by atoms with E-state index in [1.54, 1.807) is 31.2 Å². The van der Waals surface area contributed by atoms with Crippen molar-refractivity contribution in [2.24, 2.45) is 0 Å². The van der Waals surface area contributed by atoms with Crippen molar-refractivity contribution in [1.82, 2.24) is 5.32 Å². The summed E-state index contributed by atoms with van der Waals surface area (Å²) in [5, 5.41) is 5.10. The first-order chi connectivity index (χ1) is 8.15. The van der Waals surface area contributed by atoms with Crippen LogP contribution in [0.25, 0.3) is 0 Å². The fourth-order valence-electron chi connectivity index (χ4n) is 1.15. The van der Waals surface area contributed by atoms with Gasteiger partial charge in [-0.2, -0.15) is 0 Å². The number of alkyl carbamates (subject to hydrolysis) is 1. The number of rotatable bonds is 4. The number of carbonyl (C=O) groups excluding carboxylic acids is 2. The molecule has 0 atom stereocenters. The maximum absolute atomic E-state index is 11.1. The van der Waals surface area contributed by atoms with E-state index in [0.717, 1.165) is 11.3 Å². The second-order valence-electron chi connectivity index (χ2n) is 3.42. The lowest BCUT2D eigenvalue weighted by Crippen LogP contribution is -2.18. The van der Waals surface area contributed by atoms with Crippen molar-refractivity contribution in [3.63, 3.8) is 0 Å². The third-order valence-corrected chi connectivity index (χ3v) is 2.13. The van der Waals surface area contributed by atoms with E-state index in [4.69, 9.17) is 4.74 Å². The van der Waals surface area contributed by atoms with Crippen molar-refractivity contribution in [2.75, 3.05) is 12.4 Å². The predicted octanol–water partition coefficient (Wildman–Crippen LogP) is 1.89. The molecule has 0 heterocycles. The third kappa shape index (κ3) is 4.55. The van der Waals surface area contributed by atoms with Crippen molar-refractivity contribution in [1.29, 1.82) is 0 Å². The molecule has 0 aliphatic rings. The van der Waals surface area contributed by atoms with E-state index >= 15 is 0 Å². The highest BCUT2D eigenvalue weighted by molar-refractivity contribution is 5.90. The molecule has 0 aliphatic heterocycles. The summed E-state index contributed by atoms with van der Waals surface area (Å²) in [5.74, 6) is -0.0284. The molecular weight excluding hydrogens is 220 g/mol. The Labute approximate surface area is 100 Å². The molecule has 5 nitrogen and oxygen atoms in total. The van der Waals surface area contributed by atoms with Crippen molar-refractivity contribution in [3.05, 3.63) is 29.8 Å². The van der Waals surface area contributed by atoms with Crippen LogP contribution < -0.4 is 10.6 Å². The smallest absolute Gasteiger partial charge is 0.407 e. The molecule has 1 aromatic rings. The number of nitrogens with one attached hydrogen (secondary N) is 2. The van der Waals surface area contributed by atoms with Gasteiger partial charge in [-0.15, -0.1) is 0 Å². The summed E-state index contributed by atoms with van der Waals surface area (Å²) in [7, 11) is 1.51. The van der Waals surface area contributed by atoms with Crippen LogP contribution in [-0.2, 0) is 16.1 Å². The molecule has 17 heavy (non-hydrogen) atoms. The molecule has 5 heteroatoms. The molecule has 0 fully saturated rings. The Bertz CT molecular complexity index is 387. The molecule has 0 aromatic heterocycles. The summed E-state index contributed by atoms with van der Waals surface area (Å²) in [5.41, 5.74) is 1.60. The minimum atomic E-state index is -0.464. The zero-order chi connectivity index (χ0) is 12.7. The van der Waals surface area contributed by atoms with E-state index in [-0.39, 0.29) is 12.5 Å². The van der Waals surface area contributed by atoms with E-state index in [0.29, 0.717) is 6.42 Å². The minimum absolute atomic E-state index is 0.0284. The average molecular weight is 236 g/mol. The van der Waals surface area contributed by atoms with E-state index < -0.39 is 6.09 Å². The van der Waals surface area contributed by atoms with Crippen LogP contribution in [0.5, 0.6) is 0 Å². The molecule has 1 aromatic carbocycles. The Hall–Kier alpha value is -2.04. The molecule has 0 saturated carbocycles. The fourth-order valence-corrected chi connectivity index (χ4v) is 1.15. The average Bonchev–Trinajstić information content (AvgIpc) is 2.37. The number of carbonyl (C=O) groups is 2. The van der Waals surface area contributed by atoms with Crippen molar-refractivity contribution >= 4 is 17.7 Å². The molecule has 0 unspecified atom stereocenters. The highest BCUT2D eigenvalue weighted by atomic mass is 16.5. The zero-order valence-corrected chi connectivity index (χ0v) is 9.95. The van der Waals surface area contributed by atoms with E-state index in [2.05, 4.69) is 10.6 Å². The molecule has 0 aliphatic carbocycles. The normalized spacial score (nSPS) is 9.53. The van der Waals surface area contributed by atoms with E-state index in [1.807, 2.05) is 0 Å². The van der Waals surface area contributed by atoms with Crippen LogP contribution in [0.1, 0.15) is 18.9 Å². The van der Waals surface area contributed by atoms with Crippen molar-refractivity contribution < 1.29 is 14.3 Å². The van der Waals surface area contributed by atoms with Crippen LogP contribution in [0.15, 0.2) is 24.3 Å². The number of anilines is 1. The molecule has 2 amide bonds. The Kier molecular flexibility index (Phi) is 5.00. The van der Waals surface area contributed by atoms with E-state index in [1.165, 1.54) is 7.05 Å². The first-order valence-electron chi connectivity index (χ1n) is 5.39. The largest absolute Gasteiger partial charge is 0.445 e. The topological polar surface area (TPSA) is 67.4 Å². The molecule has 0 radical (unpaired) electrons. The van der Waals surface area contributed by atoms with Gasteiger partial charge in [0, 0.05) is 19.2 Å². The van der Waals surface area contributed by atoms with Crippen LogP contribution in [0.2, 0.25) is 0 Å². The summed E-state index contributed by atoms with van der Waals surface area (Å²) in [6.07, 6.45) is -0.0185. The molecule has 0 bridgehead atoms. The van der Waals surface area contributed by atoms with Gasteiger partial charge >= 0.3 is 6.09 Å². The van der Waals surface area contributed by atoms with Crippen LogP contribution in [-0.4, -0.2) is 19.0 Å². The second kappa shape index (κ2) is 6.52. The van der Waals surface area contributed by atoms with Gasteiger partial charge in [0.1, 0.15) is 6.61 Å². The van der Waals surface area contributed by atoms with Gasteiger partial charge in [0.05, 0.1) is 0 Å². The first kappa shape index (κ1) is 13.0. The monoisotopic (exact) mass is 236 g/mol. The second-order valence-corrected chi connectivity index (χ2v) is 3.42. The summed E-state index contributed by atoms with van der Waals surface area (Å²) in [6.45, 7) is 2.00. The highest BCUT2D eigenvalue weighted by Gasteiger charge is 2.01. The Balaban J connectivity index is 2.50. The maximum Gasteiger partial charge on any atom is 0.407 e. The van der Waals surface area contributed by atoms with Crippen molar-refractivity contribution in [3.8, 4) is 0 Å². The molecule has 0 saturated heterocycles. The third-order valence-electron chi connectivity index (χ3n) is 2.13. The molecule has 2 N–H and O–H groups in total. The molecule has 0 spiro atoms. The summed E-state index contributed by atoms with van der Waals surface area (Å²) in [4.78, 5) is 22.0. The van der Waals surface area contributed by atoms with E-state index in [9.17, 15) is 9.59 Å². The van der Waals surface area contributed by atoms with Gasteiger partial charge in [-0.1, -0.05) is 19.1 Å². The van der Waals surface area contributed by atoms with Gasteiger partial charge in [-0.05, 0) is 17.7 Å². The summed E-state index contributed by atoms with van der Waals surface area (Å²) < 4.78 is 4.88. The van der Waals surface area contributed by atoms with Crippen LogP contribution >= 0.6 is 0 Å². The zero-order valence-electron chi connectivity index (χ0n) is 9.95. The Morgan fingerprint density at radius 1 is 1.24 bits per heavy atom. The predicted molar refractivity (Wildman–Crippen MR) is 64.6 cm³/mol. The van der Waals surface area contributed by atoms with Gasteiger partial charge in [0.25, 0.3) is 0 Å². The minimum Gasteiger partial charge on any atom is -0.445 e. The standard InChI is InChI=1S/C12H16N2O3/c1-3-11(15)14-10-6-4-9(5-7-10)8-17-12(16)13-2/h4-7H,3,8H2,1-2H3,(H,13,16)(H,14,15). The van der Waals surface area contributed by atoms with Gasteiger partial charge in [-0.25, -0.2) is 4.79 Å². The molecule has 92 valence electrons. The lowest BCUT2D eigenvalue weighted by Gasteiger charge is -2.06. The van der Waals surface area contributed by atoms with Gasteiger partial charge in [0.2, 0.25) is 5.91 Å². The van der Waals surface area contributed by atoms with Crippen LogP contribution in [0.4, 0.5) is 10.5 Å². The number of ether oxygens (including phenoxy) is 1. The first-order valence-corrected chi connectivity index (χ1v) is 5.39. The summed E-state index contributed by atoms with van der Waals surface area (Å²) in [6, 6.07) is 7.15. The highest BCUT2D eigenvalue weighted by Crippen LogP contribution is 2.10. The fraction of sp³-hybridized carbons (Fsp3) is 0.333. The van der Waals surface area contributed by atoms with Crippen LogP contribution in [0.3, 0.4) is 0 Å². The van der Waals surface area contributed by atoms with Crippen molar-refractivity contribution in [2.45, 2.75) is 20.0 Å². The number of hydrogen-bond acceptors (Lipinski definition) is 3. The lowest BCUT2D eigenvalue weighted by molar-refractivity contribution is -0.115. The SMILES string of the molecule is CCC(=O)Nc1ccc(COC(=O)NC)cc1. The number of benzene rings is 1. The lowest BCUT2D eigenvalue weighted by atomic mass is 10.2. The Morgan fingerprint density at radius 3 is 2.41 bits per heavy atom. The van der Waals surface area contributed by atoms with Crippen LogP contribution in [0, 0.1) is 0 Å². The summed E-state index contributed by atoms with van der Waals surface area (Å²) >= 11 is 0. The number of amides is 2. The van der Waals surface area contributed by atoms with Gasteiger partial charge in [-0.3, -0.25) is 4.79 Å². The Morgan fingerprint density at radius 2 is 1.88 bits per heavy atom. The molecule has 1 rings (SSSR count). The molecular formula is C12H16N2O3. The van der Waals surface area contributed by atoms with Gasteiger partial charge < -0.3 is 15.4 Å². The quantitative estimate of drug-likeness (QED) is 0.838. The van der Waals surface area contributed by atoms with Gasteiger partial charge in [0.15, 0.2) is 0 Å². The maximum atomic E-state index is 11.1. The number of hydrogen-bond donors (Lipinski definition) is 2.